The van der Waals surface area contributed by atoms with E-state index in [-0.39, 0.29) is 24.0 Å². The number of carbonyl (C=O) groups is 1. The van der Waals surface area contributed by atoms with Crippen LogP contribution in [0.15, 0.2) is 54.6 Å². The minimum absolute atomic E-state index is 0.0284. The number of benzene rings is 2. The van der Waals surface area contributed by atoms with Crippen LogP contribution in [-0.4, -0.2) is 38.4 Å². The second-order valence-electron chi connectivity index (χ2n) is 6.58. The van der Waals surface area contributed by atoms with Crippen molar-refractivity contribution in [2.75, 3.05) is 28.3 Å². The minimum atomic E-state index is -4.42. The van der Waals surface area contributed by atoms with Crippen molar-refractivity contribution in [3.8, 4) is 0 Å². The van der Waals surface area contributed by atoms with Crippen LogP contribution in [0, 0.1) is 0 Å². The van der Waals surface area contributed by atoms with Gasteiger partial charge in [-0.15, -0.1) is 0 Å². The van der Waals surface area contributed by atoms with Crippen molar-refractivity contribution in [1.82, 2.24) is 0 Å². The molecule has 1 aliphatic heterocycles. The molecule has 0 radical (unpaired) electrons. The van der Waals surface area contributed by atoms with Gasteiger partial charge in [-0.05, 0) is 42.8 Å². The largest absolute Gasteiger partial charge is 0.416 e. The smallest absolute Gasteiger partial charge is 0.376 e. The molecule has 28 heavy (non-hydrogen) atoms. The number of rotatable bonds is 5. The highest BCUT2D eigenvalue weighted by molar-refractivity contribution is 7.91. The molecule has 1 atom stereocenters. The quantitative estimate of drug-likeness (QED) is 0.818. The molecule has 0 aliphatic carbocycles. The Hall–Kier alpha value is -2.55. The summed E-state index contributed by atoms with van der Waals surface area (Å²) in [6.07, 6.45) is -4.07. The Labute approximate surface area is 161 Å². The molecule has 1 saturated heterocycles. The lowest BCUT2D eigenvalue weighted by atomic mass is 10.1. The number of carbonyl (C=O) groups excluding carboxylic acids is 1. The van der Waals surface area contributed by atoms with Gasteiger partial charge in [0.05, 0.1) is 29.7 Å². The standard InChI is InChI=1S/C19H19F3N2O3S/c20-19(21,22)14-6-8-15(9-7-14)23-12-18(25)24(16-4-2-1-3-5-16)17-10-11-28(26,27)13-17/h1-9,17,23H,10-13H2. The molecule has 0 spiro atoms. The van der Waals surface area contributed by atoms with Crippen molar-refractivity contribution in [2.45, 2.75) is 18.6 Å². The van der Waals surface area contributed by atoms with Crippen LogP contribution < -0.4 is 10.2 Å². The van der Waals surface area contributed by atoms with Crippen LogP contribution in [0.25, 0.3) is 0 Å². The van der Waals surface area contributed by atoms with Crippen LogP contribution in [0.4, 0.5) is 24.5 Å². The fourth-order valence-electron chi connectivity index (χ4n) is 3.17. The van der Waals surface area contributed by atoms with E-state index in [2.05, 4.69) is 5.32 Å². The zero-order chi connectivity index (χ0) is 20.4. The minimum Gasteiger partial charge on any atom is -0.376 e. The summed E-state index contributed by atoms with van der Waals surface area (Å²) >= 11 is 0. The van der Waals surface area contributed by atoms with E-state index in [0.29, 0.717) is 17.8 Å². The van der Waals surface area contributed by atoms with Crippen molar-refractivity contribution in [3.63, 3.8) is 0 Å². The maximum absolute atomic E-state index is 12.8. The maximum Gasteiger partial charge on any atom is 0.416 e. The highest BCUT2D eigenvalue weighted by Crippen LogP contribution is 2.30. The first kappa shape index (κ1) is 20.2. The number of amides is 1. The predicted molar refractivity (Wildman–Crippen MR) is 101 cm³/mol. The van der Waals surface area contributed by atoms with Gasteiger partial charge in [0.25, 0.3) is 0 Å². The molecule has 0 bridgehead atoms. The zero-order valence-corrected chi connectivity index (χ0v) is 15.6. The second kappa shape index (κ2) is 7.83. The molecule has 3 rings (SSSR count). The molecule has 150 valence electrons. The van der Waals surface area contributed by atoms with E-state index in [0.717, 1.165) is 12.1 Å². The predicted octanol–water partition coefficient (Wildman–Crippen LogP) is 3.34. The van der Waals surface area contributed by atoms with E-state index in [1.165, 1.54) is 17.0 Å². The number of anilines is 2. The summed E-state index contributed by atoms with van der Waals surface area (Å²) in [5.74, 6) is -0.428. The number of halogens is 3. The van der Waals surface area contributed by atoms with Gasteiger partial charge >= 0.3 is 6.18 Å². The van der Waals surface area contributed by atoms with Crippen molar-refractivity contribution < 1.29 is 26.4 Å². The first-order valence-electron chi connectivity index (χ1n) is 8.64. The lowest BCUT2D eigenvalue weighted by molar-refractivity contribution is -0.137. The van der Waals surface area contributed by atoms with Crippen LogP contribution >= 0.6 is 0 Å². The molecule has 2 aromatic carbocycles. The summed E-state index contributed by atoms with van der Waals surface area (Å²) in [4.78, 5) is 14.3. The summed E-state index contributed by atoms with van der Waals surface area (Å²) in [6, 6.07) is 12.7. The summed E-state index contributed by atoms with van der Waals surface area (Å²) in [5, 5.41) is 2.81. The van der Waals surface area contributed by atoms with E-state index >= 15 is 0 Å². The summed E-state index contributed by atoms with van der Waals surface area (Å²) in [7, 11) is -3.19. The van der Waals surface area contributed by atoms with Gasteiger partial charge in [0.1, 0.15) is 0 Å². The van der Waals surface area contributed by atoms with Crippen LogP contribution in [0.5, 0.6) is 0 Å². The summed E-state index contributed by atoms with van der Waals surface area (Å²) in [5.41, 5.74) is 0.184. The molecular formula is C19H19F3N2O3S. The van der Waals surface area contributed by atoms with Crippen molar-refractivity contribution in [3.05, 3.63) is 60.2 Å². The maximum atomic E-state index is 12.8. The van der Waals surface area contributed by atoms with Crippen molar-refractivity contribution in [1.29, 1.82) is 0 Å². The van der Waals surface area contributed by atoms with Crippen LogP contribution in [0.1, 0.15) is 12.0 Å². The van der Waals surface area contributed by atoms with Gasteiger partial charge in [-0.1, -0.05) is 18.2 Å². The molecule has 1 unspecified atom stereocenters. The molecular weight excluding hydrogens is 393 g/mol. The average molecular weight is 412 g/mol. The highest BCUT2D eigenvalue weighted by Gasteiger charge is 2.35. The molecule has 9 heteroatoms. The number of alkyl halides is 3. The van der Waals surface area contributed by atoms with Crippen LogP contribution in [-0.2, 0) is 20.8 Å². The van der Waals surface area contributed by atoms with E-state index in [1.54, 1.807) is 30.3 Å². The van der Waals surface area contributed by atoms with E-state index in [9.17, 15) is 26.4 Å². The third kappa shape index (κ3) is 4.83. The molecule has 0 saturated carbocycles. The van der Waals surface area contributed by atoms with Gasteiger partial charge in [-0.25, -0.2) is 8.42 Å². The van der Waals surface area contributed by atoms with Gasteiger partial charge in [-0.2, -0.15) is 13.2 Å². The Balaban J connectivity index is 1.73. The summed E-state index contributed by atoms with van der Waals surface area (Å²) in [6.45, 7) is -0.170. The number of sulfone groups is 1. The van der Waals surface area contributed by atoms with Gasteiger partial charge in [-0.3, -0.25) is 4.79 Å². The summed E-state index contributed by atoms with van der Waals surface area (Å²) < 4.78 is 61.6. The Morgan fingerprint density at radius 3 is 2.25 bits per heavy atom. The van der Waals surface area contributed by atoms with Crippen LogP contribution in [0.2, 0.25) is 0 Å². The van der Waals surface area contributed by atoms with Crippen molar-refractivity contribution >= 4 is 27.1 Å². The number of hydrogen-bond donors (Lipinski definition) is 1. The Morgan fingerprint density at radius 2 is 1.71 bits per heavy atom. The van der Waals surface area contributed by atoms with Gasteiger partial charge in [0.2, 0.25) is 5.91 Å². The Morgan fingerprint density at radius 1 is 1.07 bits per heavy atom. The van der Waals surface area contributed by atoms with E-state index in [4.69, 9.17) is 0 Å². The van der Waals surface area contributed by atoms with Gasteiger partial charge in [0, 0.05) is 11.4 Å². The van der Waals surface area contributed by atoms with Crippen molar-refractivity contribution in [2.24, 2.45) is 0 Å². The lowest BCUT2D eigenvalue weighted by Gasteiger charge is -2.28. The fourth-order valence-corrected chi connectivity index (χ4v) is 4.87. The molecule has 0 aromatic heterocycles. The fraction of sp³-hybridized carbons (Fsp3) is 0.316. The second-order valence-corrected chi connectivity index (χ2v) is 8.81. The molecule has 1 heterocycles. The third-order valence-electron chi connectivity index (χ3n) is 4.53. The van der Waals surface area contributed by atoms with Crippen LogP contribution in [0.3, 0.4) is 0 Å². The lowest BCUT2D eigenvalue weighted by Crippen LogP contribution is -2.44. The SMILES string of the molecule is O=C(CNc1ccc(C(F)(F)F)cc1)N(c1ccccc1)C1CCS(=O)(=O)C1. The van der Waals surface area contributed by atoms with Gasteiger partial charge in [0.15, 0.2) is 9.84 Å². The highest BCUT2D eigenvalue weighted by atomic mass is 32.2. The first-order chi connectivity index (χ1) is 13.2. The number of hydrogen-bond acceptors (Lipinski definition) is 4. The monoisotopic (exact) mass is 412 g/mol. The van der Waals surface area contributed by atoms with E-state index < -0.39 is 27.6 Å². The topological polar surface area (TPSA) is 66.5 Å². The third-order valence-corrected chi connectivity index (χ3v) is 6.28. The average Bonchev–Trinajstić information content (AvgIpc) is 3.00. The van der Waals surface area contributed by atoms with E-state index in [1.807, 2.05) is 0 Å². The molecule has 1 N–H and O–H groups in total. The number of nitrogens with one attached hydrogen (secondary N) is 1. The zero-order valence-electron chi connectivity index (χ0n) is 14.8. The Bertz CT molecular complexity index is 929. The molecule has 2 aromatic rings. The molecule has 1 amide bonds. The number of para-hydroxylation sites is 1. The molecule has 5 nitrogen and oxygen atoms in total. The van der Waals surface area contributed by atoms with Gasteiger partial charge < -0.3 is 10.2 Å². The number of nitrogens with zero attached hydrogens (tertiary/aromatic N) is 1. The Kier molecular flexibility index (Phi) is 5.64. The normalized spacial score (nSPS) is 18.6. The molecule has 1 aliphatic rings. The first-order valence-corrected chi connectivity index (χ1v) is 10.5. The molecule has 1 fully saturated rings.